The molecule has 1 aliphatic heterocycles. The summed E-state index contributed by atoms with van der Waals surface area (Å²) in [5, 5.41) is 3.21. The fourth-order valence-electron chi connectivity index (χ4n) is 1.52. The summed E-state index contributed by atoms with van der Waals surface area (Å²) < 4.78 is 15.7. The van der Waals surface area contributed by atoms with Crippen LogP contribution in [0.3, 0.4) is 0 Å². The zero-order valence-corrected chi connectivity index (χ0v) is 9.40. The van der Waals surface area contributed by atoms with Gasteiger partial charge < -0.3 is 19.5 Å². The number of hydrogen-bond acceptors (Lipinski definition) is 6. The minimum Gasteiger partial charge on any atom is -0.481 e. The van der Waals surface area contributed by atoms with Gasteiger partial charge in [0, 0.05) is 6.54 Å². The van der Waals surface area contributed by atoms with Crippen molar-refractivity contribution in [3.05, 3.63) is 6.07 Å². The molecule has 0 aliphatic carbocycles. The van der Waals surface area contributed by atoms with E-state index in [-0.39, 0.29) is 6.10 Å². The lowest BCUT2D eigenvalue weighted by molar-refractivity contribution is 0.198. The molecule has 1 saturated heterocycles. The van der Waals surface area contributed by atoms with Crippen molar-refractivity contribution < 1.29 is 14.2 Å². The highest BCUT2D eigenvalue weighted by atomic mass is 16.5. The van der Waals surface area contributed by atoms with Gasteiger partial charge in [0.05, 0.1) is 20.3 Å². The number of ether oxygens (including phenoxy) is 3. The summed E-state index contributed by atoms with van der Waals surface area (Å²) in [4.78, 5) is 8.20. The van der Waals surface area contributed by atoms with Crippen LogP contribution in [0.5, 0.6) is 17.8 Å². The van der Waals surface area contributed by atoms with Gasteiger partial charge in [-0.1, -0.05) is 0 Å². The van der Waals surface area contributed by atoms with E-state index in [1.807, 2.05) is 0 Å². The van der Waals surface area contributed by atoms with Crippen molar-refractivity contribution in [3.8, 4) is 17.8 Å². The largest absolute Gasteiger partial charge is 0.481 e. The predicted molar refractivity (Wildman–Crippen MR) is 57.0 cm³/mol. The molecule has 88 valence electrons. The number of nitrogens with one attached hydrogen (secondary N) is 1. The topological polar surface area (TPSA) is 65.5 Å². The van der Waals surface area contributed by atoms with E-state index >= 15 is 0 Å². The summed E-state index contributed by atoms with van der Waals surface area (Å²) in [6, 6.07) is 1.91. The minimum absolute atomic E-state index is 0.122. The molecule has 1 unspecified atom stereocenters. The fraction of sp³-hybridized carbons (Fsp3) is 0.600. The standard InChI is InChI=1S/C10H15N3O3/c1-14-8-5-9(15-2)13-10(12-8)16-7-3-4-11-6-7/h5,7,11H,3-4,6H2,1-2H3. The van der Waals surface area contributed by atoms with E-state index in [1.165, 1.54) is 0 Å². The van der Waals surface area contributed by atoms with Crippen molar-refractivity contribution in [2.45, 2.75) is 12.5 Å². The molecule has 1 aliphatic rings. The second-order valence-electron chi connectivity index (χ2n) is 3.47. The summed E-state index contributed by atoms with van der Waals surface area (Å²) in [7, 11) is 3.09. The number of aromatic nitrogens is 2. The van der Waals surface area contributed by atoms with Crippen LogP contribution in [0, 0.1) is 0 Å². The molecule has 16 heavy (non-hydrogen) atoms. The van der Waals surface area contributed by atoms with Gasteiger partial charge in [0.25, 0.3) is 0 Å². The predicted octanol–water partition coefficient (Wildman–Crippen LogP) is 0.234. The van der Waals surface area contributed by atoms with Crippen LogP contribution in [-0.4, -0.2) is 43.4 Å². The van der Waals surface area contributed by atoms with Crippen LogP contribution in [0.15, 0.2) is 6.07 Å². The first-order chi connectivity index (χ1) is 7.81. The first kappa shape index (κ1) is 10.9. The Morgan fingerprint density at radius 1 is 1.25 bits per heavy atom. The molecule has 1 N–H and O–H groups in total. The lowest BCUT2D eigenvalue weighted by Gasteiger charge is -2.11. The molecule has 1 fully saturated rings. The summed E-state index contributed by atoms with van der Waals surface area (Å²) in [5.74, 6) is 0.876. The molecule has 2 heterocycles. The van der Waals surface area contributed by atoms with Crippen molar-refractivity contribution in [2.75, 3.05) is 27.3 Å². The Morgan fingerprint density at radius 2 is 1.94 bits per heavy atom. The minimum atomic E-state index is 0.122. The van der Waals surface area contributed by atoms with Crippen LogP contribution in [0.1, 0.15) is 6.42 Å². The molecule has 0 saturated carbocycles. The molecule has 0 radical (unpaired) electrons. The Labute approximate surface area is 93.9 Å². The van der Waals surface area contributed by atoms with E-state index in [0.717, 1.165) is 19.5 Å². The Morgan fingerprint density at radius 3 is 2.44 bits per heavy atom. The molecule has 0 bridgehead atoms. The molecular weight excluding hydrogens is 210 g/mol. The Bertz CT molecular complexity index is 331. The molecule has 6 heteroatoms. The van der Waals surface area contributed by atoms with E-state index in [4.69, 9.17) is 14.2 Å². The molecule has 2 rings (SSSR count). The van der Waals surface area contributed by atoms with Crippen LogP contribution in [-0.2, 0) is 0 Å². The number of hydrogen-bond donors (Lipinski definition) is 1. The van der Waals surface area contributed by atoms with Crippen LogP contribution in [0.4, 0.5) is 0 Å². The number of rotatable bonds is 4. The van der Waals surface area contributed by atoms with Crippen LogP contribution in [0.25, 0.3) is 0 Å². The average molecular weight is 225 g/mol. The summed E-state index contributed by atoms with van der Waals surface area (Å²) >= 11 is 0. The monoisotopic (exact) mass is 225 g/mol. The molecule has 1 aromatic rings. The first-order valence-corrected chi connectivity index (χ1v) is 5.16. The maximum absolute atomic E-state index is 5.62. The van der Waals surface area contributed by atoms with Gasteiger partial charge in [0.1, 0.15) is 6.10 Å². The third-order valence-electron chi connectivity index (χ3n) is 2.36. The van der Waals surface area contributed by atoms with E-state index < -0.39 is 0 Å². The van der Waals surface area contributed by atoms with E-state index in [9.17, 15) is 0 Å². The molecule has 0 amide bonds. The second-order valence-corrected chi connectivity index (χ2v) is 3.47. The lowest BCUT2D eigenvalue weighted by atomic mass is 10.3. The first-order valence-electron chi connectivity index (χ1n) is 5.16. The van der Waals surface area contributed by atoms with Crippen molar-refractivity contribution >= 4 is 0 Å². The summed E-state index contributed by atoms with van der Waals surface area (Å²) in [6.07, 6.45) is 1.08. The van der Waals surface area contributed by atoms with Crippen molar-refractivity contribution in [1.29, 1.82) is 0 Å². The van der Waals surface area contributed by atoms with Gasteiger partial charge in [-0.25, -0.2) is 0 Å². The summed E-state index contributed by atoms with van der Waals surface area (Å²) in [6.45, 7) is 1.79. The van der Waals surface area contributed by atoms with Gasteiger partial charge >= 0.3 is 6.01 Å². The third kappa shape index (κ3) is 2.52. The molecule has 6 nitrogen and oxygen atoms in total. The quantitative estimate of drug-likeness (QED) is 0.791. The maximum atomic E-state index is 5.62. The zero-order chi connectivity index (χ0) is 11.4. The molecule has 1 aromatic heterocycles. The highest BCUT2D eigenvalue weighted by Gasteiger charge is 2.18. The van der Waals surface area contributed by atoms with Crippen LogP contribution >= 0.6 is 0 Å². The van der Waals surface area contributed by atoms with Gasteiger partial charge in [-0.3, -0.25) is 0 Å². The Balaban J connectivity index is 2.12. The third-order valence-corrected chi connectivity index (χ3v) is 2.36. The van der Waals surface area contributed by atoms with Gasteiger partial charge in [0.2, 0.25) is 11.8 Å². The van der Waals surface area contributed by atoms with Crippen LogP contribution in [0.2, 0.25) is 0 Å². The van der Waals surface area contributed by atoms with Crippen LogP contribution < -0.4 is 19.5 Å². The fourth-order valence-corrected chi connectivity index (χ4v) is 1.52. The summed E-state index contributed by atoms with van der Waals surface area (Å²) in [5.41, 5.74) is 0. The van der Waals surface area contributed by atoms with Crippen molar-refractivity contribution in [1.82, 2.24) is 15.3 Å². The van der Waals surface area contributed by atoms with E-state index in [1.54, 1.807) is 20.3 Å². The highest BCUT2D eigenvalue weighted by Crippen LogP contribution is 2.20. The van der Waals surface area contributed by atoms with E-state index in [2.05, 4.69) is 15.3 Å². The number of methoxy groups -OCH3 is 2. The Kier molecular flexibility index (Phi) is 3.40. The van der Waals surface area contributed by atoms with Gasteiger partial charge in [0.15, 0.2) is 0 Å². The second kappa shape index (κ2) is 4.98. The van der Waals surface area contributed by atoms with Gasteiger partial charge in [-0.05, 0) is 13.0 Å². The van der Waals surface area contributed by atoms with Gasteiger partial charge in [-0.2, -0.15) is 9.97 Å². The van der Waals surface area contributed by atoms with Crippen molar-refractivity contribution in [3.63, 3.8) is 0 Å². The smallest absolute Gasteiger partial charge is 0.323 e. The number of nitrogens with zero attached hydrogens (tertiary/aromatic N) is 2. The van der Waals surface area contributed by atoms with E-state index in [0.29, 0.717) is 17.8 Å². The normalized spacial score (nSPS) is 19.5. The van der Waals surface area contributed by atoms with Crippen molar-refractivity contribution in [2.24, 2.45) is 0 Å². The molecule has 0 spiro atoms. The maximum Gasteiger partial charge on any atom is 0.323 e. The molecule has 1 atom stereocenters. The highest BCUT2D eigenvalue weighted by molar-refractivity contribution is 5.22. The zero-order valence-electron chi connectivity index (χ0n) is 9.40. The Hall–Kier alpha value is -1.56. The molecule has 0 aromatic carbocycles. The van der Waals surface area contributed by atoms with Gasteiger partial charge in [-0.15, -0.1) is 0 Å². The molecular formula is C10H15N3O3. The SMILES string of the molecule is COc1cc(OC)nc(OC2CCNC2)n1. The lowest BCUT2D eigenvalue weighted by Crippen LogP contribution is -2.20. The average Bonchev–Trinajstić information content (AvgIpc) is 2.81.